The number of amides is 1. The molecule has 0 spiro atoms. The normalized spacial score (nSPS) is 11.6. The molecular formula is C8H8N2O6S. The van der Waals surface area contributed by atoms with Crippen molar-refractivity contribution in [2.45, 2.75) is 4.90 Å². The minimum atomic E-state index is -2.33. The van der Waals surface area contributed by atoms with E-state index in [-0.39, 0.29) is 10.6 Å². The van der Waals surface area contributed by atoms with Crippen molar-refractivity contribution in [2.24, 2.45) is 0 Å². The highest BCUT2D eigenvalue weighted by atomic mass is 32.2. The summed E-state index contributed by atoms with van der Waals surface area (Å²) in [6.45, 7) is 0. The molecule has 0 aliphatic rings. The summed E-state index contributed by atoms with van der Waals surface area (Å²) in [7, 11) is 1.11. The Morgan fingerprint density at radius 3 is 2.71 bits per heavy atom. The summed E-state index contributed by atoms with van der Waals surface area (Å²) in [5.74, 6) is 0. The number of benzene rings is 1. The zero-order valence-corrected chi connectivity index (χ0v) is 9.39. The first kappa shape index (κ1) is 13.1. The zero-order valence-electron chi connectivity index (χ0n) is 8.58. The number of ether oxygens (including phenoxy) is 1. The zero-order chi connectivity index (χ0) is 13.0. The van der Waals surface area contributed by atoms with Gasteiger partial charge >= 0.3 is 6.09 Å². The van der Waals surface area contributed by atoms with E-state index in [1.54, 1.807) is 0 Å². The number of nitro groups is 1. The number of nitrogens with one attached hydrogen (secondary N) is 1. The van der Waals surface area contributed by atoms with Crippen molar-refractivity contribution < 1.29 is 23.2 Å². The Kier molecular flexibility index (Phi) is 4.12. The molecule has 0 aliphatic carbocycles. The van der Waals surface area contributed by atoms with Gasteiger partial charge < -0.3 is 9.29 Å². The fourth-order valence-corrected chi connectivity index (χ4v) is 1.43. The molecule has 0 saturated heterocycles. The van der Waals surface area contributed by atoms with Crippen LogP contribution in [-0.2, 0) is 15.8 Å². The number of methoxy groups -OCH3 is 1. The molecule has 1 amide bonds. The molecule has 0 heterocycles. The van der Waals surface area contributed by atoms with Gasteiger partial charge in [-0.25, -0.2) is 9.00 Å². The third kappa shape index (κ3) is 3.23. The Bertz CT molecular complexity index is 489. The molecule has 1 unspecified atom stereocenters. The summed E-state index contributed by atoms with van der Waals surface area (Å²) >= 11 is -2.33. The van der Waals surface area contributed by atoms with Gasteiger partial charge in [-0.3, -0.25) is 15.4 Å². The molecule has 1 rings (SSSR count). The predicted molar refractivity (Wildman–Crippen MR) is 58.2 cm³/mol. The maximum Gasteiger partial charge on any atom is 0.411 e. The number of nitro benzene ring substituents is 1. The number of anilines is 1. The fraction of sp³-hybridized carbons (Fsp3) is 0.125. The van der Waals surface area contributed by atoms with Gasteiger partial charge in [-0.15, -0.1) is 0 Å². The molecule has 17 heavy (non-hydrogen) atoms. The second-order valence-corrected chi connectivity index (χ2v) is 3.77. The quantitative estimate of drug-likeness (QED) is 0.481. The van der Waals surface area contributed by atoms with Crippen LogP contribution >= 0.6 is 0 Å². The Morgan fingerprint density at radius 1 is 1.59 bits per heavy atom. The first-order valence-electron chi connectivity index (χ1n) is 4.20. The molecule has 1 aromatic carbocycles. The van der Waals surface area contributed by atoms with Gasteiger partial charge in [-0.1, -0.05) is 0 Å². The van der Waals surface area contributed by atoms with Crippen LogP contribution in [0.15, 0.2) is 23.1 Å². The second-order valence-electron chi connectivity index (χ2n) is 2.80. The SMILES string of the molecule is COC(=O)Nc1ccc(S(=O)O)cc1[N+](=O)[O-]. The van der Waals surface area contributed by atoms with Crippen molar-refractivity contribution in [3.63, 3.8) is 0 Å². The highest BCUT2D eigenvalue weighted by Gasteiger charge is 2.18. The minimum absolute atomic E-state index is 0.115. The maximum absolute atomic E-state index is 10.9. The predicted octanol–water partition coefficient (Wildman–Crippen LogP) is 1.35. The van der Waals surface area contributed by atoms with E-state index in [2.05, 4.69) is 10.1 Å². The summed E-state index contributed by atoms with van der Waals surface area (Å²) in [5.41, 5.74) is -0.605. The van der Waals surface area contributed by atoms with E-state index >= 15 is 0 Å². The average Bonchev–Trinajstić information content (AvgIpc) is 2.28. The molecule has 0 aromatic heterocycles. The summed E-state index contributed by atoms with van der Waals surface area (Å²) < 4.78 is 23.8. The van der Waals surface area contributed by atoms with Crippen molar-refractivity contribution in [1.29, 1.82) is 0 Å². The summed E-state index contributed by atoms with van der Waals surface area (Å²) in [6, 6.07) is 3.24. The van der Waals surface area contributed by atoms with Gasteiger partial charge in [0.2, 0.25) is 0 Å². The number of carbonyl (C=O) groups excluding carboxylic acids is 1. The number of carbonyl (C=O) groups is 1. The van der Waals surface area contributed by atoms with E-state index in [0.717, 1.165) is 19.2 Å². The maximum atomic E-state index is 10.9. The standard InChI is InChI=1S/C8H8N2O6S/c1-16-8(11)9-6-3-2-5(17(14)15)4-7(6)10(12)13/h2-4H,1H3,(H,9,11)(H,14,15). The lowest BCUT2D eigenvalue weighted by Crippen LogP contribution is -2.12. The van der Waals surface area contributed by atoms with Crippen LogP contribution in [0.1, 0.15) is 0 Å². The first-order valence-corrected chi connectivity index (χ1v) is 5.30. The van der Waals surface area contributed by atoms with Gasteiger partial charge in [0, 0.05) is 6.07 Å². The van der Waals surface area contributed by atoms with E-state index < -0.39 is 27.8 Å². The minimum Gasteiger partial charge on any atom is -0.453 e. The Hall–Kier alpha value is -2.00. The lowest BCUT2D eigenvalue weighted by Gasteiger charge is -2.05. The largest absolute Gasteiger partial charge is 0.453 e. The fourth-order valence-electron chi connectivity index (χ4n) is 1.04. The van der Waals surface area contributed by atoms with Crippen LogP contribution in [0.4, 0.5) is 16.2 Å². The molecule has 1 aromatic rings. The summed E-state index contributed by atoms with van der Waals surface area (Å²) in [4.78, 5) is 20.7. The van der Waals surface area contributed by atoms with E-state index in [0.29, 0.717) is 0 Å². The van der Waals surface area contributed by atoms with Gasteiger partial charge in [0.1, 0.15) is 5.69 Å². The second kappa shape index (κ2) is 5.37. The average molecular weight is 260 g/mol. The molecule has 0 aliphatic heterocycles. The van der Waals surface area contributed by atoms with Crippen LogP contribution in [0.25, 0.3) is 0 Å². The van der Waals surface area contributed by atoms with E-state index in [1.807, 2.05) is 0 Å². The lowest BCUT2D eigenvalue weighted by atomic mass is 10.2. The molecule has 92 valence electrons. The van der Waals surface area contributed by atoms with Crippen LogP contribution in [-0.4, -0.2) is 26.9 Å². The lowest BCUT2D eigenvalue weighted by molar-refractivity contribution is -0.384. The van der Waals surface area contributed by atoms with Crippen molar-refractivity contribution in [1.82, 2.24) is 0 Å². The highest BCUT2D eigenvalue weighted by Crippen LogP contribution is 2.26. The van der Waals surface area contributed by atoms with Crippen molar-refractivity contribution in [3.8, 4) is 0 Å². The molecule has 0 fully saturated rings. The molecular weight excluding hydrogens is 252 g/mol. The molecule has 0 saturated carbocycles. The van der Waals surface area contributed by atoms with E-state index in [4.69, 9.17) is 4.55 Å². The van der Waals surface area contributed by atoms with Crippen LogP contribution in [0, 0.1) is 10.1 Å². The number of hydrogen-bond donors (Lipinski definition) is 2. The van der Waals surface area contributed by atoms with Gasteiger partial charge in [0.05, 0.1) is 16.9 Å². The van der Waals surface area contributed by atoms with Gasteiger partial charge in [-0.2, -0.15) is 0 Å². The molecule has 9 heteroatoms. The van der Waals surface area contributed by atoms with E-state index in [1.165, 1.54) is 6.07 Å². The molecule has 1 atom stereocenters. The van der Waals surface area contributed by atoms with Crippen LogP contribution in [0.5, 0.6) is 0 Å². The Morgan fingerprint density at radius 2 is 2.24 bits per heavy atom. The van der Waals surface area contributed by atoms with Crippen molar-refractivity contribution in [3.05, 3.63) is 28.3 Å². The Balaban J connectivity index is 3.17. The number of nitrogens with zero attached hydrogens (tertiary/aromatic N) is 1. The van der Waals surface area contributed by atoms with E-state index in [9.17, 15) is 19.1 Å². The summed E-state index contributed by atoms with van der Waals surface area (Å²) in [5, 5.41) is 12.8. The number of hydrogen-bond acceptors (Lipinski definition) is 5. The smallest absolute Gasteiger partial charge is 0.411 e. The summed E-state index contributed by atoms with van der Waals surface area (Å²) in [6.07, 6.45) is -0.869. The highest BCUT2D eigenvalue weighted by molar-refractivity contribution is 7.79. The number of rotatable bonds is 3. The monoisotopic (exact) mass is 260 g/mol. The topological polar surface area (TPSA) is 119 Å². The van der Waals surface area contributed by atoms with Gasteiger partial charge in [0.25, 0.3) is 5.69 Å². The molecule has 2 N–H and O–H groups in total. The van der Waals surface area contributed by atoms with Crippen LogP contribution in [0.2, 0.25) is 0 Å². The van der Waals surface area contributed by atoms with Crippen molar-refractivity contribution in [2.75, 3.05) is 12.4 Å². The van der Waals surface area contributed by atoms with Crippen LogP contribution in [0.3, 0.4) is 0 Å². The van der Waals surface area contributed by atoms with Gasteiger partial charge in [-0.05, 0) is 12.1 Å². The molecule has 8 nitrogen and oxygen atoms in total. The van der Waals surface area contributed by atoms with Crippen molar-refractivity contribution >= 4 is 28.5 Å². The van der Waals surface area contributed by atoms with Gasteiger partial charge in [0.15, 0.2) is 11.1 Å². The first-order chi connectivity index (χ1) is 7.95. The molecule has 0 bridgehead atoms. The van der Waals surface area contributed by atoms with Crippen LogP contribution < -0.4 is 5.32 Å². The third-order valence-electron chi connectivity index (χ3n) is 1.79. The Labute approximate surface area is 98.0 Å². The third-order valence-corrected chi connectivity index (χ3v) is 2.45. The molecule has 0 radical (unpaired) electrons.